The van der Waals surface area contributed by atoms with Crippen LogP contribution in [0, 0.1) is 0 Å². The zero-order chi connectivity index (χ0) is 12.3. The quantitative estimate of drug-likeness (QED) is 0.747. The van der Waals surface area contributed by atoms with Gasteiger partial charge in [-0.25, -0.2) is 0 Å². The van der Waals surface area contributed by atoms with Crippen molar-refractivity contribution in [1.29, 1.82) is 0 Å². The number of nitrogens with zero attached hydrogens (tertiary/aromatic N) is 1. The van der Waals surface area contributed by atoms with Gasteiger partial charge in [0.05, 0.1) is 19.1 Å². The van der Waals surface area contributed by atoms with E-state index in [1.54, 1.807) is 4.90 Å². The smallest absolute Gasteiger partial charge is 0.306 e. The second-order valence-corrected chi connectivity index (χ2v) is 4.38. The lowest BCUT2D eigenvalue weighted by atomic mass is 10.1. The lowest BCUT2D eigenvalue weighted by Crippen LogP contribution is -2.49. The summed E-state index contributed by atoms with van der Waals surface area (Å²) >= 11 is 0. The molecule has 2 atom stereocenters. The Labute approximate surface area is 99.5 Å². The van der Waals surface area contributed by atoms with E-state index in [0.29, 0.717) is 26.3 Å². The first-order valence-electron chi connectivity index (χ1n) is 5.90. The van der Waals surface area contributed by atoms with Crippen molar-refractivity contribution in [3.05, 3.63) is 0 Å². The standard InChI is InChI=1S/C11H17NO5/c13-10(14)6-8-7-12(3-5-16-8)11(15)9-2-1-4-17-9/h8-9H,1-7H2,(H,13,14). The second kappa shape index (κ2) is 5.46. The summed E-state index contributed by atoms with van der Waals surface area (Å²) in [5, 5.41) is 8.69. The molecule has 6 nitrogen and oxygen atoms in total. The van der Waals surface area contributed by atoms with Crippen LogP contribution in [0.5, 0.6) is 0 Å². The minimum atomic E-state index is -0.901. The highest BCUT2D eigenvalue weighted by atomic mass is 16.5. The molecule has 2 heterocycles. The highest BCUT2D eigenvalue weighted by Crippen LogP contribution is 2.17. The van der Waals surface area contributed by atoms with Crippen LogP contribution in [-0.2, 0) is 19.1 Å². The zero-order valence-electron chi connectivity index (χ0n) is 9.63. The predicted octanol–water partition coefficient (Wildman–Crippen LogP) is -0.133. The summed E-state index contributed by atoms with van der Waals surface area (Å²) in [4.78, 5) is 24.3. The van der Waals surface area contributed by atoms with Gasteiger partial charge in [0.15, 0.2) is 0 Å². The van der Waals surface area contributed by atoms with Crippen molar-refractivity contribution >= 4 is 11.9 Å². The number of hydrogen-bond acceptors (Lipinski definition) is 4. The molecule has 0 aromatic carbocycles. The van der Waals surface area contributed by atoms with Crippen molar-refractivity contribution in [3.8, 4) is 0 Å². The van der Waals surface area contributed by atoms with Gasteiger partial charge in [-0.05, 0) is 12.8 Å². The molecule has 2 aliphatic heterocycles. The monoisotopic (exact) mass is 243 g/mol. The van der Waals surface area contributed by atoms with E-state index < -0.39 is 12.1 Å². The molecule has 17 heavy (non-hydrogen) atoms. The van der Waals surface area contributed by atoms with Crippen LogP contribution in [0.25, 0.3) is 0 Å². The molecule has 2 rings (SSSR count). The van der Waals surface area contributed by atoms with E-state index in [-0.39, 0.29) is 18.4 Å². The lowest BCUT2D eigenvalue weighted by Gasteiger charge is -2.33. The van der Waals surface area contributed by atoms with Crippen LogP contribution in [0.1, 0.15) is 19.3 Å². The van der Waals surface area contributed by atoms with Crippen molar-refractivity contribution in [2.24, 2.45) is 0 Å². The molecule has 0 spiro atoms. The van der Waals surface area contributed by atoms with E-state index in [4.69, 9.17) is 14.6 Å². The molecule has 96 valence electrons. The highest BCUT2D eigenvalue weighted by molar-refractivity contribution is 5.81. The first-order valence-corrected chi connectivity index (χ1v) is 5.90. The van der Waals surface area contributed by atoms with Crippen molar-refractivity contribution in [1.82, 2.24) is 4.90 Å². The Hall–Kier alpha value is -1.14. The third-order valence-electron chi connectivity index (χ3n) is 3.06. The fourth-order valence-corrected chi connectivity index (χ4v) is 2.21. The lowest BCUT2D eigenvalue weighted by molar-refractivity contribution is -0.153. The molecule has 0 saturated carbocycles. The fourth-order valence-electron chi connectivity index (χ4n) is 2.21. The van der Waals surface area contributed by atoms with E-state index >= 15 is 0 Å². The number of carboxylic acids is 1. The Morgan fingerprint density at radius 3 is 2.76 bits per heavy atom. The number of carboxylic acid groups (broad SMARTS) is 1. The number of carbonyl (C=O) groups excluding carboxylic acids is 1. The Balaban J connectivity index is 1.87. The Bertz CT molecular complexity index is 300. The number of ether oxygens (including phenoxy) is 2. The number of amides is 1. The van der Waals surface area contributed by atoms with E-state index in [9.17, 15) is 9.59 Å². The average Bonchev–Trinajstić information content (AvgIpc) is 2.81. The van der Waals surface area contributed by atoms with E-state index in [2.05, 4.69) is 0 Å². The van der Waals surface area contributed by atoms with E-state index in [1.807, 2.05) is 0 Å². The van der Waals surface area contributed by atoms with E-state index in [0.717, 1.165) is 12.8 Å². The maximum absolute atomic E-state index is 12.0. The van der Waals surface area contributed by atoms with Crippen LogP contribution < -0.4 is 0 Å². The van der Waals surface area contributed by atoms with Gasteiger partial charge in [-0.15, -0.1) is 0 Å². The summed E-state index contributed by atoms with van der Waals surface area (Å²) in [6.45, 7) is 1.91. The highest BCUT2D eigenvalue weighted by Gasteiger charge is 2.32. The zero-order valence-corrected chi connectivity index (χ0v) is 9.63. The first-order chi connectivity index (χ1) is 8.16. The summed E-state index contributed by atoms with van der Waals surface area (Å²) in [6, 6.07) is 0. The molecule has 2 fully saturated rings. The molecular formula is C11H17NO5. The number of hydrogen-bond donors (Lipinski definition) is 1. The summed E-state index contributed by atoms with van der Waals surface area (Å²) < 4.78 is 10.7. The van der Waals surface area contributed by atoms with Gasteiger partial charge < -0.3 is 19.5 Å². The molecule has 0 aromatic heterocycles. The van der Waals surface area contributed by atoms with Gasteiger partial charge in [-0.3, -0.25) is 9.59 Å². The van der Waals surface area contributed by atoms with Gasteiger partial charge in [-0.2, -0.15) is 0 Å². The normalized spacial score (nSPS) is 29.3. The van der Waals surface area contributed by atoms with E-state index in [1.165, 1.54) is 0 Å². The van der Waals surface area contributed by atoms with Crippen molar-refractivity contribution < 1.29 is 24.2 Å². The van der Waals surface area contributed by atoms with Crippen LogP contribution in [0.3, 0.4) is 0 Å². The van der Waals surface area contributed by atoms with Gasteiger partial charge in [0.1, 0.15) is 6.10 Å². The molecule has 2 saturated heterocycles. The third kappa shape index (κ3) is 3.17. The maximum atomic E-state index is 12.0. The van der Waals surface area contributed by atoms with Crippen LogP contribution in [0.4, 0.5) is 0 Å². The fraction of sp³-hybridized carbons (Fsp3) is 0.818. The minimum absolute atomic E-state index is 0.0267. The van der Waals surface area contributed by atoms with Crippen molar-refractivity contribution in [2.45, 2.75) is 31.5 Å². The molecule has 0 radical (unpaired) electrons. The van der Waals surface area contributed by atoms with Gasteiger partial charge in [0.2, 0.25) is 0 Å². The van der Waals surface area contributed by atoms with Gasteiger partial charge in [-0.1, -0.05) is 0 Å². The average molecular weight is 243 g/mol. The Morgan fingerprint density at radius 1 is 1.29 bits per heavy atom. The second-order valence-electron chi connectivity index (χ2n) is 4.38. The SMILES string of the molecule is O=C(O)CC1CN(C(=O)C2CCCO2)CCO1. The van der Waals surface area contributed by atoms with Crippen molar-refractivity contribution in [2.75, 3.05) is 26.3 Å². The minimum Gasteiger partial charge on any atom is -0.481 e. The Morgan fingerprint density at radius 2 is 2.12 bits per heavy atom. The first kappa shape index (κ1) is 12.3. The summed E-state index contributed by atoms with van der Waals surface area (Å²) in [7, 11) is 0. The van der Waals surface area contributed by atoms with Crippen LogP contribution in [-0.4, -0.2) is 60.4 Å². The number of carbonyl (C=O) groups is 2. The predicted molar refractivity (Wildman–Crippen MR) is 57.5 cm³/mol. The van der Waals surface area contributed by atoms with Gasteiger partial charge >= 0.3 is 5.97 Å². The molecule has 0 aliphatic carbocycles. The van der Waals surface area contributed by atoms with Gasteiger partial charge in [0.25, 0.3) is 5.91 Å². The molecule has 2 aliphatic rings. The largest absolute Gasteiger partial charge is 0.481 e. The molecule has 1 amide bonds. The number of rotatable bonds is 3. The summed E-state index contributed by atoms with van der Waals surface area (Å²) in [5.74, 6) is -0.928. The Kier molecular flexibility index (Phi) is 3.96. The number of aliphatic carboxylic acids is 1. The van der Waals surface area contributed by atoms with Crippen molar-refractivity contribution in [3.63, 3.8) is 0 Å². The third-order valence-corrected chi connectivity index (χ3v) is 3.06. The molecule has 1 N–H and O–H groups in total. The molecule has 0 aromatic rings. The van der Waals surface area contributed by atoms with Gasteiger partial charge in [0, 0.05) is 19.7 Å². The topological polar surface area (TPSA) is 76.1 Å². The molecule has 2 unspecified atom stereocenters. The maximum Gasteiger partial charge on any atom is 0.306 e. The molecule has 6 heteroatoms. The van der Waals surface area contributed by atoms with Crippen LogP contribution in [0.15, 0.2) is 0 Å². The van der Waals surface area contributed by atoms with Crippen LogP contribution >= 0.6 is 0 Å². The molecular weight excluding hydrogens is 226 g/mol. The summed E-state index contributed by atoms with van der Waals surface area (Å²) in [6.07, 6.45) is 0.888. The molecule has 0 bridgehead atoms. The summed E-state index contributed by atoms with van der Waals surface area (Å²) in [5.41, 5.74) is 0. The number of morpholine rings is 1. The van der Waals surface area contributed by atoms with Crippen LogP contribution in [0.2, 0.25) is 0 Å².